The molecule has 0 N–H and O–H groups in total. The maximum absolute atomic E-state index is 12.3. The maximum Gasteiger partial charge on any atom is 0.331 e. The molecule has 1 heterocycles. The van der Waals surface area contributed by atoms with Gasteiger partial charge in [-0.15, -0.1) is 0 Å². The summed E-state index contributed by atoms with van der Waals surface area (Å²) in [7, 11) is 1.68. The molecule has 0 radical (unpaired) electrons. The van der Waals surface area contributed by atoms with Crippen LogP contribution in [0.25, 0.3) is 10.9 Å². The average molecular weight is 296 g/mol. The van der Waals surface area contributed by atoms with Gasteiger partial charge >= 0.3 is 5.69 Å². The van der Waals surface area contributed by atoms with Gasteiger partial charge in [0.25, 0.3) is 5.56 Å². The molecule has 1 aromatic carbocycles. The summed E-state index contributed by atoms with van der Waals surface area (Å²) in [6.45, 7) is 0.366. The quantitative estimate of drug-likeness (QED) is 0.836. The van der Waals surface area contributed by atoms with Gasteiger partial charge < -0.3 is 0 Å². The third-order valence-corrected chi connectivity index (χ3v) is 4.33. The number of thiol groups is 2. The molecule has 1 aromatic heterocycles. The molecule has 0 saturated carbocycles. The van der Waals surface area contributed by atoms with Crippen LogP contribution in [-0.2, 0) is 13.6 Å². The van der Waals surface area contributed by atoms with Gasteiger partial charge in [0, 0.05) is 24.6 Å². The number of benzene rings is 1. The molecule has 0 aliphatic carbocycles. The van der Waals surface area contributed by atoms with E-state index in [2.05, 4.69) is 25.3 Å². The lowest BCUT2D eigenvalue weighted by Crippen LogP contribution is -2.39. The number of para-hydroxylation sites is 1. The fourth-order valence-electron chi connectivity index (χ4n) is 2.03. The van der Waals surface area contributed by atoms with Crippen molar-refractivity contribution in [1.29, 1.82) is 0 Å². The zero-order chi connectivity index (χ0) is 14.0. The van der Waals surface area contributed by atoms with Crippen LogP contribution < -0.4 is 11.2 Å². The lowest BCUT2D eigenvalue weighted by Gasteiger charge is -2.12. The Hall–Kier alpha value is -1.14. The smallest absolute Gasteiger partial charge is 0.296 e. The first-order chi connectivity index (χ1) is 9.06. The van der Waals surface area contributed by atoms with Crippen LogP contribution in [0.3, 0.4) is 0 Å². The summed E-state index contributed by atoms with van der Waals surface area (Å²) in [4.78, 5) is 24.5. The number of rotatable bonds is 4. The molecular weight excluding hydrogens is 280 g/mol. The van der Waals surface area contributed by atoms with Gasteiger partial charge in [0.05, 0.1) is 10.9 Å². The van der Waals surface area contributed by atoms with Gasteiger partial charge in [-0.3, -0.25) is 13.9 Å². The Morgan fingerprint density at radius 1 is 1.26 bits per heavy atom. The Kier molecular flexibility index (Phi) is 4.42. The minimum atomic E-state index is -0.289. The summed E-state index contributed by atoms with van der Waals surface area (Å²) in [6, 6.07) is 7.13. The fraction of sp³-hybridized carbons (Fsp3) is 0.385. The summed E-state index contributed by atoms with van der Waals surface area (Å²) >= 11 is 8.47. The van der Waals surface area contributed by atoms with Crippen LogP contribution in [-0.4, -0.2) is 20.1 Å². The van der Waals surface area contributed by atoms with E-state index in [4.69, 9.17) is 0 Å². The molecule has 0 spiro atoms. The highest BCUT2D eigenvalue weighted by Gasteiger charge is 2.11. The topological polar surface area (TPSA) is 44.0 Å². The first kappa shape index (κ1) is 14.3. The minimum Gasteiger partial charge on any atom is -0.296 e. The number of hydrogen-bond donors (Lipinski definition) is 2. The summed E-state index contributed by atoms with van der Waals surface area (Å²) in [5.74, 6) is 0.617. The second kappa shape index (κ2) is 5.88. The molecule has 102 valence electrons. The van der Waals surface area contributed by atoms with Crippen molar-refractivity contribution in [2.45, 2.75) is 18.2 Å². The molecule has 0 aliphatic heterocycles. The highest BCUT2D eigenvalue weighted by molar-refractivity contribution is 7.84. The van der Waals surface area contributed by atoms with Crippen LogP contribution in [0.1, 0.15) is 6.42 Å². The molecule has 1 unspecified atom stereocenters. The van der Waals surface area contributed by atoms with Crippen molar-refractivity contribution in [2.75, 3.05) is 5.75 Å². The number of nitrogens with zero attached hydrogens (tertiary/aromatic N) is 2. The van der Waals surface area contributed by atoms with Crippen molar-refractivity contribution in [3.8, 4) is 0 Å². The van der Waals surface area contributed by atoms with E-state index in [9.17, 15) is 9.59 Å². The first-order valence-electron chi connectivity index (χ1n) is 6.03. The SMILES string of the molecule is Cn1c(=O)n(CCC(S)CS)c(=O)c2ccccc21. The van der Waals surface area contributed by atoms with Gasteiger partial charge in [-0.1, -0.05) is 12.1 Å². The molecule has 0 saturated heterocycles. The minimum absolute atomic E-state index is 0.0754. The standard InChI is InChI=1S/C13H16N2O2S2/c1-14-11-5-3-2-4-10(11)12(16)15(13(14)17)7-6-9(19)8-18/h2-5,9,18-19H,6-8H2,1H3. The zero-order valence-electron chi connectivity index (χ0n) is 10.6. The molecule has 1 atom stereocenters. The van der Waals surface area contributed by atoms with Crippen molar-refractivity contribution >= 4 is 36.2 Å². The van der Waals surface area contributed by atoms with Crippen molar-refractivity contribution < 1.29 is 0 Å². The van der Waals surface area contributed by atoms with Gasteiger partial charge in [0.1, 0.15) is 0 Å². The predicted molar refractivity (Wildman–Crippen MR) is 84.7 cm³/mol. The molecular formula is C13H16N2O2S2. The van der Waals surface area contributed by atoms with Gasteiger partial charge in [0.15, 0.2) is 0 Å². The van der Waals surface area contributed by atoms with Crippen LogP contribution in [0.4, 0.5) is 0 Å². The molecule has 2 rings (SSSR count). The van der Waals surface area contributed by atoms with E-state index in [1.165, 1.54) is 9.13 Å². The number of fused-ring (bicyclic) bond motifs is 1. The van der Waals surface area contributed by atoms with Crippen molar-refractivity contribution in [3.05, 3.63) is 45.1 Å². The predicted octanol–water partition coefficient (Wildman–Crippen LogP) is 1.32. The van der Waals surface area contributed by atoms with Gasteiger partial charge in [-0.05, 0) is 18.6 Å². The highest BCUT2D eigenvalue weighted by atomic mass is 32.1. The first-order valence-corrected chi connectivity index (χ1v) is 7.18. The Balaban J connectivity index is 2.56. The monoisotopic (exact) mass is 296 g/mol. The fourth-order valence-corrected chi connectivity index (χ4v) is 2.33. The van der Waals surface area contributed by atoms with Gasteiger partial charge in [-0.2, -0.15) is 25.3 Å². The highest BCUT2D eigenvalue weighted by Crippen LogP contribution is 2.07. The van der Waals surface area contributed by atoms with Gasteiger partial charge in [0.2, 0.25) is 0 Å². The molecule has 0 fully saturated rings. The third kappa shape index (κ3) is 2.74. The molecule has 19 heavy (non-hydrogen) atoms. The van der Waals surface area contributed by atoms with E-state index in [0.717, 1.165) is 0 Å². The van der Waals surface area contributed by atoms with E-state index in [-0.39, 0.29) is 16.5 Å². The van der Waals surface area contributed by atoms with Crippen LogP contribution in [0.15, 0.2) is 33.9 Å². The zero-order valence-corrected chi connectivity index (χ0v) is 12.4. The second-order valence-corrected chi connectivity index (χ2v) is 5.54. The molecule has 0 amide bonds. The summed E-state index contributed by atoms with van der Waals surface area (Å²) in [6.07, 6.45) is 0.639. The summed E-state index contributed by atoms with van der Waals surface area (Å²) in [5.41, 5.74) is 0.132. The number of aromatic nitrogens is 2. The average Bonchev–Trinajstić information content (AvgIpc) is 2.44. The van der Waals surface area contributed by atoms with Gasteiger partial charge in [-0.25, -0.2) is 4.79 Å². The molecule has 0 bridgehead atoms. The number of hydrogen-bond acceptors (Lipinski definition) is 4. The molecule has 2 aromatic rings. The normalized spacial score (nSPS) is 12.8. The lowest BCUT2D eigenvalue weighted by atomic mass is 10.2. The largest absolute Gasteiger partial charge is 0.331 e. The Morgan fingerprint density at radius 2 is 1.95 bits per heavy atom. The number of aryl methyl sites for hydroxylation is 1. The lowest BCUT2D eigenvalue weighted by molar-refractivity contribution is 0.576. The van der Waals surface area contributed by atoms with Crippen LogP contribution in [0.2, 0.25) is 0 Å². The van der Waals surface area contributed by atoms with Crippen LogP contribution in [0, 0.1) is 0 Å². The van der Waals surface area contributed by atoms with Crippen molar-refractivity contribution in [2.24, 2.45) is 7.05 Å². The summed E-state index contributed by atoms with van der Waals surface area (Å²) < 4.78 is 2.78. The molecule has 4 nitrogen and oxygen atoms in total. The van der Waals surface area contributed by atoms with Crippen LogP contribution >= 0.6 is 25.3 Å². The van der Waals surface area contributed by atoms with Crippen molar-refractivity contribution in [3.63, 3.8) is 0 Å². The van der Waals surface area contributed by atoms with E-state index >= 15 is 0 Å². The summed E-state index contributed by atoms with van der Waals surface area (Å²) in [5, 5.41) is 0.637. The second-order valence-electron chi connectivity index (χ2n) is 4.44. The third-order valence-electron chi connectivity index (χ3n) is 3.16. The Morgan fingerprint density at radius 3 is 2.63 bits per heavy atom. The van der Waals surface area contributed by atoms with E-state index in [0.29, 0.717) is 29.6 Å². The maximum atomic E-state index is 12.3. The Bertz CT molecular complexity index is 706. The van der Waals surface area contributed by atoms with E-state index in [1.807, 2.05) is 6.07 Å². The Labute approximate surface area is 121 Å². The van der Waals surface area contributed by atoms with E-state index in [1.54, 1.807) is 25.2 Å². The van der Waals surface area contributed by atoms with Crippen molar-refractivity contribution in [1.82, 2.24) is 9.13 Å². The van der Waals surface area contributed by atoms with Crippen LogP contribution in [0.5, 0.6) is 0 Å². The molecule has 6 heteroatoms. The van der Waals surface area contributed by atoms with E-state index < -0.39 is 0 Å². The molecule has 0 aliphatic rings.